The van der Waals surface area contributed by atoms with E-state index in [0.717, 1.165) is 0 Å². The van der Waals surface area contributed by atoms with Crippen molar-refractivity contribution < 1.29 is 32.2 Å². The van der Waals surface area contributed by atoms with Crippen LogP contribution in [-0.4, -0.2) is 39.7 Å². The normalized spacial score (nSPS) is 11.1. The molecule has 11 heteroatoms. The number of hydrogen-bond donors (Lipinski definition) is 2. The number of benzene rings is 4. The van der Waals surface area contributed by atoms with Crippen molar-refractivity contribution >= 4 is 33.8 Å². The van der Waals surface area contributed by atoms with Crippen LogP contribution in [0.4, 0.5) is 5.69 Å². The van der Waals surface area contributed by atoms with Gasteiger partial charge >= 0.3 is 5.97 Å². The highest BCUT2D eigenvalue weighted by Crippen LogP contribution is 2.29. The van der Waals surface area contributed by atoms with Gasteiger partial charge in [0.25, 0.3) is 15.9 Å². The first-order valence-corrected chi connectivity index (χ1v) is 14.5. The maximum Gasteiger partial charge on any atom is 0.343 e. The fraction of sp³-hybridized carbons (Fsp3) is 0.129. The van der Waals surface area contributed by atoms with E-state index >= 15 is 0 Å². The van der Waals surface area contributed by atoms with Gasteiger partial charge in [-0.05, 0) is 98.3 Å². The van der Waals surface area contributed by atoms with Crippen LogP contribution < -0.4 is 24.4 Å². The first-order chi connectivity index (χ1) is 20.3. The third-order valence-electron chi connectivity index (χ3n) is 5.70. The fourth-order valence-corrected chi connectivity index (χ4v) is 4.78. The SMILES string of the molecule is CCOc1ccc(C(=O)Oc2ccc(/C=N/NC(=O)c3ccc(NS(=O)(=O)c4ccccc4)cc3)cc2OCC)cc1. The molecule has 0 radical (unpaired) electrons. The maximum absolute atomic E-state index is 12.6. The number of amides is 1. The fourth-order valence-electron chi connectivity index (χ4n) is 3.70. The van der Waals surface area contributed by atoms with Gasteiger partial charge in [-0.15, -0.1) is 0 Å². The molecule has 1 amide bonds. The second kappa shape index (κ2) is 14.0. The first-order valence-electron chi connectivity index (χ1n) is 13.0. The van der Waals surface area contributed by atoms with Crippen molar-refractivity contribution in [1.29, 1.82) is 0 Å². The van der Waals surface area contributed by atoms with Crippen LogP contribution in [0.15, 0.2) is 107 Å². The molecule has 4 aromatic rings. The molecular weight excluding hydrogens is 558 g/mol. The van der Waals surface area contributed by atoms with E-state index in [0.29, 0.717) is 41.5 Å². The smallest absolute Gasteiger partial charge is 0.343 e. The number of ether oxygens (including phenoxy) is 3. The molecule has 4 aromatic carbocycles. The molecular formula is C31H29N3O7S. The van der Waals surface area contributed by atoms with Gasteiger partial charge in [-0.1, -0.05) is 18.2 Å². The van der Waals surface area contributed by atoms with Crippen molar-refractivity contribution in [2.45, 2.75) is 18.7 Å². The summed E-state index contributed by atoms with van der Waals surface area (Å²) >= 11 is 0. The molecule has 0 saturated carbocycles. The van der Waals surface area contributed by atoms with Crippen LogP contribution >= 0.6 is 0 Å². The summed E-state index contributed by atoms with van der Waals surface area (Å²) in [5.41, 5.74) is 3.97. The zero-order valence-electron chi connectivity index (χ0n) is 22.9. The molecule has 0 atom stereocenters. The van der Waals surface area contributed by atoms with Crippen LogP contribution in [0.2, 0.25) is 0 Å². The Morgan fingerprint density at radius 2 is 1.45 bits per heavy atom. The molecule has 0 spiro atoms. The van der Waals surface area contributed by atoms with Crippen LogP contribution in [0.1, 0.15) is 40.1 Å². The number of carbonyl (C=O) groups is 2. The van der Waals surface area contributed by atoms with Gasteiger partial charge in [-0.3, -0.25) is 9.52 Å². The Balaban J connectivity index is 1.36. The summed E-state index contributed by atoms with van der Waals surface area (Å²) in [5, 5.41) is 3.99. The molecule has 0 fully saturated rings. The van der Waals surface area contributed by atoms with Gasteiger partial charge in [0.15, 0.2) is 11.5 Å². The van der Waals surface area contributed by atoms with Gasteiger partial charge in [-0.2, -0.15) is 5.10 Å². The minimum atomic E-state index is -3.74. The van der Waals surface area contributed by atoms with Gasteiger partial charge < -0.3 is 14.2 Å². The lowest BCUT2D eigenvalue weighted by molar-refractivity contribution is 0.0728. The summed E-state index contributed by atoms with van der Waals surface area (Å²) in [6, 6.07) is 25.4. The van der Waals surface area contributed by atoms with Crippen LogP contribution in [0.25, 0.3) is 0 Å². The second-order valence-electron chi connectivity index (χ2n) is 8.68. The number of sulfonamides is 1. The highest BCUT2D eigenvalue weighted by atomic mass is 32.2. The molecule has 0 aliphatic carbocycles. The summed E-state index contributed by atoms with van der Waals surface area (Å²) < 4.78 is 44.0. The van der Waals surface area contributed by atoms with Crippen LogP contribution in [-0.2, 0) is 10.0 Å². The summed E-state index contributed by atoms with van der Waals surface area (Å²) in [4.78, 5) is 25.3. The number of hydrazone groups is 1. The van der Waals surface area contributed by atoms with Crippen LogP contribution in [0, 0.1) is 0 Å². The lowest BCUT2D eigenvalue weighted by Crippen LogP contribution is -2.18. The first kappa shape index (κ1) is 29.8. The zero-order chi connectivity index (χ0) is 30.0. The lowest BCUT2D eigenvalue weighted by Gasteiger charge is -2.11. The molecule has 216 valence electrons. The Bertz CT molecular complexity index is 1660. The Morgan fingerprint density at radius 3 is 2.12 bits per heavy atom. The standard InChI is InChI=1S/C31H29N3O7S/c1-3-39-26-17-13-24(14-18-26)31(36)41-28-19-10-22(20-29(28)40-4-2)21-32-33-30(35)23-11-15-25(16-12-23)34-42(37,38)27-8-6-5-7-9-27/h5-21,34H,3-4H2,1-2H3,(H,33,35)/b32-21+. The van der Waals surface area contributed by atoms with E-state index in [1.165, 1.54) is 42.6 Å². The van der Waals surface area contributed by atoms with Crippen molar-refractivity contribution in [3.05, 3.63) is 114 Å². The molecule has 0 saturated heterocycles. The molecule has 2 N–H and O–H groups in total. The number of esters is 1. The van der Waals surface area contributed by atoms with Gasteiger partial charge in [-0.25, -0.2) is 18.6 Å². The molecule has 0 unspecified atom stereocenters. The van der Waals surface area contributed by atoms with Gasteiger partial charge in [0.2, 0.25) is 0 Å². The molecule has 4 rings (SSSR count). The molecule has 0 aromatic heterocycles. The Hall–Kier alpha value is -5.16. The van der Waals surface area contributed by atoms with E-state index < -0.39 is 21.9 Å². The summed E-state index contributed by atoms with van der Waals surface area (Å²) in [6.45, 7) is 4.54. The van der Waals surface area contributed by atoms with E-state index in [4.69, 9.17) is 14.2 Å². The highest BCUT2D eigenvalue weighted by molar-refractivity contribution is 7.92. The van der Waals surface area contributed by atoms with E-state index in [1.807, 2.05) is 6.92 Å². The van der Waals surface area contributed by atoms with Crippen molar-refractivity contribution in [2.75, 3.05) is 17.9 Å². The minimum Gasteiger partial charge on any atom is -0.494 e. The molecule has 0 bridgehead atoms. The summed E-state index contributed by atoms with van der Waals surface area (Å²) in [7, 11) is -3.74. The van der Waals surface area contributed by atoms with Crippen molar-refractivity contribution in [1.82, 2.24) is 5.43 Å². The van der Waals surface area contributed by atoms with E-state index in [-0.39, 0.29) is 16.2 Å². The Labute approximate surface area is 244 Å². The third-order valence-corrected chi connectivity index (χ3v) is 7.10. The number of nitrogens with one attached hydrogen (secondary N) is 2. The summed E-state index contributed by atoms with van der Waals surface area (Å²) in [6.07, 6.45) is 1.42. The van der Waals surface area contributed by atoms with E-state index in [9.17, 15) is 18.0 Å². The number of anilines is 1. The van der Waals surface area contributed by atoms with E-state index in [1.54, 1.807) is 67.6 Å². The van der Waals surface area contributed by atoms with Gasteiger partial charge in [0.1, 0.15) is 5.75 Å². The average molecular weight is 588 g/mol. The van der Waals surface area contributed by atoms with Crippen LogP contribution in [0.5, 0.6) is 17.2 Å². The van der Waals surface area contributed by atoms with Crippen molar-refractivity contribution in [3.63, 3.8) is 0 Å². The molecule has 0 heterocycles. The predicted molar refractivity (Wildman–Crippen MR) is 159 cm³/mol. The monoisotopic (exact) mass is 587 g/mol. The van der Waals surface area contributed by atoms with E-state index in [2.05, 4.69) is 15.2 Å². The number of rotatable bonds is 12. The van der Waals surface area contributed by atoms with Gasteiger partial charge in [0, 0.05) is 11.3 Å². The minimum absolute atomic E-state index is 0.132. The Morgan fingerprint density at radius 1 is 0.786 bits per heavy atom. The van der Waals surface area contributed by atoms with Gasteiger partial charge in [0.05, 0.1) is 29.9 Å². The Kier molecular flexibility index (Phi) is 9.90. The molecule has 0 aliphatic rings. The number of carbonyl (C=O) groups excluding carboxylic acids is 2. The average Bonchev–Trinajstić information content (AvgIpc) is 2.99. The zero-order valence-corrected chi connectivity index (χ0v) is 23.8. The number of nitrogens with zero attached hydrogens (tertiary/aromatic N) is 1. The molecule has 42 heavy (non-hydrogen) atoms. The van der Waals surface area contributed by atoms with Crippen molar-refractivity contribution in [2.24, 2.45) is 5.10 Å². The predicted octanol–water partition coefficient (Wildman–Crippen LogP) is 5.27. The summed E-state index contributed by atoms with van der Waals surface area (Å²) in [5.74, 6) is 0.185. The second-order valence-corrected chi connectivity index (χ2v) is 10.4. The largest absolute Gasteiger partial charge is 0.494 e. The maximum atomic E-state index is 12.6. The number of hydrogen-bond acceptors (Lipinski definition) is 8. The molecule has 0 aliphatic heterocycles. The topological polar surface area (TPSA) is 132 Å². The molecule has 10 nitrogen and oxygen atoms in total. The van der Waals surface area contributed by atoms with Crippen LogP contribution in [0.3, 0.4) is 0 Å². The lowest BCUT2D eigenvalue weighted by atomic mass is 10.2. The quantitative estimate of drug-likeness (QED) is 0.0999. The third kappa shape index (κ3) is 7.95. The highest BCUT2D eigenvalue weighted by Gasteiger charge is 2.15. The van der Waals surface area contributed by atoms with Crippen molar-refractivity contribution in [3.8, 4) is 17.2 Å².